The van der Waals surface area contributed by atoms with Crippen molar-refractivity contribution in [1.29, 1.82) is 0 Å². The highest BCUT2D eigenvalue weighted by Crippen LogP contribution is 2.31. The van der Waals surface area contributed by atoms with Crippen molar-refractivity contribution in [3.05, 3.63) is 18.2 Å². The van der Waals surface area contributed by atoms with E-state index in [4.69, 9.17) is 0 Å². The maximum Gasteiger partial charge on any atom is 0.177 e. The summed E-state index contributed by atoms with van der Waals surface area (Å²) in [5.41, 5.74) is 1.09. The molecule has 2 rings (SSSR count). The van der Waals surface area contributed by atoms with Gasteiger partial charge in [-0.3, -0.25) is 0 Å². The largest absolute Gasteiger partial charge is 0.249 e. The fourth-order valence-corrected chi connectivity index (χ4v) is 1.59. The van der Waals surface area contributed by atoms with Gasteiger partial charge in [0.05, 0.1) is 0 Å². The lowest BCUT2D eigenvalue weighted by Crippen LogP contribution is -2.09. The van der Waals surface area contributed by atoms with Crippen LogP contribution in [-0.2, 0) is 13.0 Å². The van der Waals surface area contributed by atoms with Crippen LogP contribution in [0.4, 0.5) is 0 Å². The number of aryl methyl sites for hydroxylation is 2. The van der Waals surface area contributed by atoms with E-state index in [9.17, 15) is 0 Å². The summed E-state index contributed by atoms with van der Waals surface area (Å²) in [4.78, 5) is 4.51. The van der Waals surface area contributed by atoms with E-state index in [1.165, 1.54) is 6.42 Å². The second-order valence-corrected chi connectivity index (χ2v) is 4.91. The Morgan fingerprint density at radius 2 is 2.14 bits per heavy atom. The highest BCUT2D eigenvalue weighted by atomic mass is 15.4. The molecule has 0 N–H and O–H groups in total. The quantitative estimate of drug-likeness (QED) is 0.681. The molecule has 1 aromatic rings. The third-order valence-electron chi connectivity index (χ3n) is 2.69. The van der Waals surface area contributed by atoms with E-state index in [0.29, 0.717) is 0 Å². The summed E-state index contributed by atoms with van der Waals surface area (Å²) in [6.45, 7) is 11.5. The van der Waals surface area contributed by atoms with E-state index in [1.54, 1.807) is 0 Å². The Balaban J connectivity index is 2.30. The Labute approximate surface area is 84.8 Å². The van der Waals surface area contributed by atoms with Crippen LogP contribution < -0.4 is 0 Å². The molecule has 0 radical (unpaired) electrons. The number of aromatic nitrogens is 3. The van der Waals surface area contributed by atoms with Gasteiger partial charge in [-0.15, -0.1) is 0 Å². The molecule has 0 aromatic carbocycles. The van der Waals surface area contributed by atoms with Gasteiger partial charge in [0.25, 0.3) is 0 Å². The molecule has 0 bridgehead atoms. The molecule has 1 aliphatic rings. The summed E-state index contributed by atoms with van der Waals surface area (Å²) in [7, 11) is 0. The Bertz CT molecular complexity index is 347. The van der Waals surface area contributed by atoms with Crippen LogP contribution in [0.25, 0.3) is 5.57 Å². The maximum atomic E-state index is 4.51. The first-order valence-electron chi connectivity index (χ1n) is 5.12. The van der Waals surface area contributed by atoms with Gasteiger partial charge >= 0.3 is 0 Å². The minimum Gasteiger partial charge on any atom is -0.249 e. The minimum atomic E-state index is 0.0582. The minimum absolute atomic E-state index is 0.0582. The molecule has 1 aliphatic heterocycles. The molecule has 1 aromatic heterocycles. The Morgan fingerprint density at radius 1 is 1.43 bits per heavy atom. The smallest absolute Gasteiger partial charge is 0.177 e. The third kappa shape index (κ3) is 1.47. The predicted molar refractivity (Wildman–Crippen MR) is 56.8 cm³/mol. The standard InChI is InChI=1S/C11H17N3/c1-8(11(2,3)4)10-12-9-6-5-7-14(9)13-10/h1,5-7H2,2-4H3. The molecule has 0 aliphatic carbocycles. The molecular formula is C11H17N3. The monoisotopic (exact) mass is 191 g/mol. The molecule has 0 atom stereocenters. The SMILES string of the molecule is C=C(c1nc2n(n1)CCC2)C(C)(C)C. The highest BCUT2D eigenvalue weighted by molar-refractivity contribution is 5.61. The maximum absolute atomic E-state index is 4.51. The van der Waals surface area contributed by atoms with E-state index >= 15 is 0 Å². The lowest BCUT2D eigenvalue weighted by molar-refractivity contribution is 0.559. The Kier molecular flexibility index (Phi) is 1.98. The average Bonchev–Trinajstić information content (AvgIpc) is 2.58. The lowest BCUT2D eigenvalue weighted by atomic mass is 9.87. The van der Waals surface area contributed by atoms with Crippen molar-refractivity contribution in [3.63, 3.8) is 0 Å². The van der Waals surface area contributed by atoms with Crippen molar-refractivity contribution in [2.75, 3.05) is 0 Å². The molecule has 3 nitrogen and oxygen atoms in total. The summed E-state index contributed by atoms with van der Waals surface area (Å²) in [6.07, 6.45) is 2.24. The van der Waals surface area contributed by atoms with Crippen LogP contribution in [0, 0.1) is 5.41 Å². The first-order valence-corrected chi connectivity index (χ1v) is 5.12. The molecule has 0 amide bonds. The van der Waals surface area contributed by atoms with Crippen molar-refractivity contribution in [2.24, 2.45) is 5.41 Å². The third-order valence-corrected chi connectivity index (χ3v) is 2.69. The van der Waals surface area contributed by atoms with Gasteiger partial charge in [-0.2, -0.15) is 5.10 Å². The van der Waals surface area contributed by atoms with Gasteiger partial charge in [-0.25, -0.2) is 9.67 Å². The van der Waals surface area contributed by atoms with Crippen LogP contribution in [0.15, 0.2) is 6.58 Å². The van der Waals surface area contributed by atoms with Gasteiger partial charge in [0.2, 0.25) is 0 Å². The number of hydrogen-bond donors (Lipinski definition) is 0. The zero-order valence-corrected chi connectivity index (χ0v) is 9.17. The summed E-state index contributed by atoms with van der Waals surface area (Å²) >= 11 is 0. The summed E-state index contributed by atoms with van der Waals surface area (Å²) in [5.74, 6) is 1.94. The first kappa shape index (κ1) is 9.44. The fourth-order valence-electron chi connectivity index (χ4n) is 1.59. The number of fused-ring (bicyclic) bond motifs is 1. The average molecular weight is 191 g/mol. The molecule has 0 unspecified atom stereocenters. The molecule has 0 spiro atoms. The molecule has 0 saturated carbocycles. The van der Waals surface area contributed by atoms with E-state index < -0.39 is 0 Å². The Hall–Kier alpha value is -1.12. The van der Waals surface area contributed by atoms with E-state index in [1.807, 2.05) is 4.68 Å². The van der Waals surface area contributed by atoms with Crippen LogP contribution in [-0.4, -0.2) is 14.8 Å². The zero-order valence-electron chi connectivity index (χ0n) is 9.17. The van der Waals surface area contributed by atoms with Gasteiger partial charge < -0.3 is 0 Å². The number of allylic oxidation sites excluding steroid dienone is 1. The van der Waals surface area contributed by atoms with Crippen LogP contribution in [0.3, 0.4) is 0 Å². The van der Waals surface area contributed by atoms with Crippen molar-refractivity contribution in [3.8, 4) is 0 Å². The molecule has 0 fully saturated rings. The highest BCUT2D eigenvalue weighted by Gasteiger charge is 2.23. The van der Waals surface area contributed by atoms with Crippen molar-refractivity contribution in [2.45, 2.75) is 40.2 Å². The molecule has 2 heterocycles. The summed E-state index contributed by atoms with van der Waals surface area (Å²) < 4.78 is 2.01. The normalized spacial score (nSPS) is 15.6. The molecule has 14 heavy (non-hydrogen) atoms. The van der Waals surface area contributed by atoms with E-state index in [2.05, 4.69) is 37.4 Å². The van der Waals surface area contributed by atoms with Gasteiger partial charge in [0.15, 0.2) is 5.82 Å². The van der Waals surface area contributed by atoms with Gasteiger partial charge in [0.1, 0.15) is 5.82 Å². The number of nitrogens with zero attached hydrogens (tertiary/aromatic N) is 3. The predicted octanol–water partition coefficient (Wildman–Crippen LogP) is 2.28. The second-order valence-electron chi connectivity index (χ2n) is 4.91. The van der Waals surface area contributed by atoms with Gasteiger partial charge in [0, 0.05) is 13.0 Å². The first-order chi connectivity index (χ1) is 6.48. The van der Waals surface area contributed by atoms with Crippen molar-refractivity contribution in [1.82, 2.24) is 14.8 Å². The van der Waals surface area contributed by atoms with Crippen LogP contribution in [0.5, 0.6) is 0 Å². The topological polar surface area (TPSA) is 30.7 Å². The van der Waals surface area contributed by atoms with Crippen LogP contribution >= 0.6 is 0 Å². The van der Waals surface area contributed by atoms with Crippen molar-refractivity contribution < 1.29 is 0 Å². The Morgan fingerprint density at radius 3 is 2.71 bits per heavy atom. The number of rotatable bonds is 1. The van der Waals surface area contributed by atoms with E-state index in [-0.39, 0.29) is 5.41 Å². The van der Waals surface area contributed by atoms with Gasteiger partial charge in [-0.1, -0.05) is 27.4 Å². The molecule has 3 heteroatoms. The molecule has 0 saturated heterocycles. The van der Waals surface area contributed by atoms with E-state index in [0.717, 1.165) is 30.2 Å². The summed E-state index contributed by atoms with van der Waals surface area (Å²) in [6, 6.07) is 0. The van der Waals surface area contributed by atoms with Crippen LogP contribution in [0.2, 0.25) is 0 Å². The number of hydrogen-bond acceptors (Lipinski definition) is 2. The van der Waals surface area contributed by atoms with Crippen molar-refractivity contribution >= 4 is 5.57 Å². The lowest BCUT2D eigenvalue weighted by Gasteiger charge is -2.18. The van der Waals surface area contributed by atoms with Gasteiger partial charge in [-0.05, 0) is 17.4 Å². The molecular weight excluding hydrogens is 174 g/mol. The zero-order chi connectivity index (χ0) is 10.3. The second kappa shape index (κ2) is 2.94. The summed E-state index contributed by atoms with van der Waals surface area (Å²) in [5, 5.41) is 4.46. The molecule has 76 valence electrons. The fraction of sp³-hybridized carbons (Fsp3) is 0.636. The van der Waals surface area contributed by atoms with Crippen LogP contribution in [0.1, 0.15) is 38.8 Å².